The molecule has 11 nitrogen and oxygen atoms in total. The average Bonchev–Trinajstić information content (AvgIpc) is 3.35. The summed E-state index contributed by atoms with van der Waals surface area (Å²) in [4.78, 5) is 33.2. The highest BCUT2D eigenvalue weighted by molar-refractivity contribution is 7.90. The van der Waals surface area contributed by atoms with E-state index in [2.05, 4.69) is 20.3 Å². The lowest BCUT2D eigenvalue weighted by Gasteiger charge is -2.08. The molecule has 0 bridgehead atoms. The summed E-state index contributed by atoms with van der Waals surface area (Å²) in [5, 5.41) is 16.4. The molecule has 3 N–H and O–H groups in total. The molecular formula is C15H15N5O6S3. The number of carboxylic acid groups (broad SMARTS) is 1. The van der Waals surface area contributed by atoms with Crippen LogP contribution < -0.4 is 14.8 Å². The van der Waals surface area contributed by atoms with Crippen LogP contribution in [-0.4, -0.2) is 47.6 Å². The molecule has 3 heterocycles. The quantitative estimate of drug-likeness (QED) is 0.521. The number of aromatic nitrogens is 3. The molecule has 0 fully saturated rings. The zero-order valence-electron chi connectivity index (χ0n) is 15.0. The van der Waals surface area contributed by atoms with Crippen LogP contribution in [0.5, 0.6) is 6.01 Å². The van der Waals surface area contributed by atoms with E-state index in [9.17, 15) is 18.0 Å². The van der Waals surface area contributed by atoms with Gasteiger partial charge in [-0.2, -0.15) is 26.3 Å². The molecule has 154 valence electrons. The minimum absolute atomic E-state index is 0.0633. The number of aromatic carboxylic acids is 1. The van der Waals surface area contributed by atoms with Crippen molar-refractivity contribution >= 4 is 50.6 Å². The Morgan fingerprint density at radius 3 is 2.38 bits per heavy atom. The topological polar surface area (TPSA) is 160 Å². The van der Waals surface area contributed by atoms with Crippen LogP contribution >= 0.6 is 22.7 Å². The highest BCUT2D eigenvalue weighted by Gasteiger charge is 2.26. The fourth-order valence-electron chi connectivity index (χ4n) is 1.80. The molecule has 0 aliphatic heterocycles. The first-order valence-corrected chi connectivity index (χ1v) is 10.9. The van der Waals surface area contributed by atoms with E-state index in [-0.39, 0.29) is 17.8 Å². The number of hydrogen-bond acceptors (Lipinski definition) is 10. The van der Waals surface area contributed by atoms with Crippen molar-refractivity contribution in [2.75, 3.05) is 12.4 Å². The van der Waals surface area contributed by atoms with Crippen molar-refractivity contribution < 1.29 is 27.9 Å². The van der Waals surface area contributed by atoms with Crippen LogP contribution in [0.4, 0.5) is 10.7 Å². The Labute approximate surface area is 173 Å². The van der Waals surface area contributed by atoms with Gasteiger partial charge in [0.2, 0.25) is 5.95 Å². The van der Waals surface area contributed by atoms with Gasteiger partial charge in [0.1, 0.15) is 15.6 Å². The molecule has 0 aliphatic rings. The Hall–Kier alpha value is -3.10. The number of carboxylic acids is 1. The Morgan fingerprint density at radius 1 is 1.14 bits per heavy atom. The van der Waals surface area contributed by atoms with Gasteiger partial charge in [-0.25, -0.2) is 22.7 Å². The number of carbonyl (C=O) groups is 2. The Balaban J connectivity index is 0.000000521. The third-order valence-corrected chi connectivity index (χ3v) is 5.93. The summed E-state index contributed by atoms with van der Waals surface area (Å²) in [5.74, 6) is -1.40. The average molecular weight is 458 g/mol. The summed E-state index contributed by atoms with van der Waals surface area (Å²) in [6.45, 7) is 1.52. The van der Waals surface area contributed by atoms with Crippen molar-refractivity contribution in [3.8, 4) is 6.01 Å². The molecule has 0 spiro atoms. The molecule has 3 aromatic heterocycles. The molecule has 14 heteroatoms. The van der Waals surface area contributed by atoms with Gasteiger partial charge in [-0.1, -0.05) is 12.1 Å². The van der Waals surface area contributed by atoms with Crippen molar-refractivity contribution in [2.24, 2.45) is 0 Å². The van der Waals surface area contributed by atoms with Gasteiger partial charge in [-0.3, -0.25) is 5.32 Å². The van der Waals surface area contributed by atoms with Gasteiger partial charge in [0, 0.05) is 0 Å². The molecule has 3 rings (SSSR count). The molecule has 0 saturated carbocycles. The number of anilines is 1. The van der Waals surface area contributed by atoms with Crippen LogP contribution in [0, 0.1) is 6.92 Å². The Bertz CT molecular complexity index is 1060. The van der Waals surface area contributed by atoms with Gasteiger partial charge in [-0.05, 0) is 29.1 Å². The summed E-state index contributed by atoms with van der Waals surface area (Å²) in [6.07, 6.45) is 0. The third-order valence-electron chi connectivity index (χ3n) is 2.90. The first kappa shape index (κ1) is 22.2. The molecule has 3 aromatic rings. The van der Waals surface area contributed by atoms with E-state index in [0.717, 1.165) is 17.4 Å². The van der Waals surface area contributed by atoms with Crippen molar-refractivity contribution in [1.82, 2.24) is 19.7 Å². The summed E-state index contributed by atoms with van der Waals surface area (Å²) < 4.78 is 30.7. The van der Waals surface area contributed by atoms with Crippen molar-refractivity contribution in [3.05, 3.63) is 45.0 Å². The molecule has 0 aromatic carbocycles. The lowest BCUT2D eigenvalue weighted by atomic mass is 10.5. The van der Waals surface area contributed by atoms with Crippen molar-refractivity contribution in [1.29, 1.82) is 0 Å². The summed E-state index contributed by atoms with van der Waals surface area (Å²) in [6, 6.07) is 3.90. The highest BCUT2D eigenvalue weighted by atomic mass is 32.2. The zero-order chi connectivity index (χ0) is 21.4. The standard InChI is InChI=1S/C11H11N5O6S2.C4H4S/c1-5-12-9(15-11(13-5)22-2)14-10(19)16-24(20,21)6-3-4-23-7(6)8(17)18;1-2-4-5-3-1/h3-4H,1-2H3,(H,17,18)(H2,12,13,14,15,16,19);1-4H. The first-order chi connectivity index (χ1) is 13.7. The molecule has 29 heavy (non-hydrogen) atoms. The van der Waals surface area contributed by atoms with Crippen molar-refractivity contribution in [3.63, 3.8) is 0 Å². The third kappa shape index (κ3) is 6.48. The molecule has 0 aliphatic carbocycles. The highest BCUT2D eigenvalue weighted by Crippen LogP contribution is 2.21. The van der Waals surface area contributed by atoms with E-state index in [1.807, 2.05) is 22.9 Å². The number of amides is 2. The van der Waals surface area contributed by atoms with Crippen LogP contribution in [0.3, 0.4) is 0 Å². The Kier molecular flexibility index (Phi) is 7.58. The largest absolute Gasteiger partial charge is 0.477 e. The van der Waals surface area contributed by atoms with Crippen LogP contribution in [0.15, 0.2) is 39.2 Å². The fourth-order valence-corrected chi connectivity index (χ4v) is 4.42. The molecule has 0 atom stereocenters. The van der Waals surface area contributed by atoms with E-state index < -0.39 is 31.8 Å². The minimum atomic E-state index is -4.37. The smallest absolute Gasteiger partial charge is 0.347 e. The Morgan fingerprint density at radius 2 is 1.83 bits per heavy atom. The summed E-state index contributed by atoms with van der Waals surface area (Å²) in [5.41, 5.74) is 0. The molecule has 2 amide bonds. The van der Waals surface area contributed by atoms with Gasteiger partial charge < -0.3 is 9.84 Å². The van der Waals surface area contributed by atoms with E-state index in [4.69, 9.17) is 9.84 Å². The number of nitrogens with one attached hydrogen (secondary N) is 2. The van der Waals surface area contributed by atoms with Gasteiger partial charge in [-0.15, -0.1) is 11.3 Å². The van der Waals surface area contributed by atoms with Crippen LogP contribution in [0.2, 0.25) is 0 Å². The van der Waals surface area contributed by atoms with Crippen LogP contribution in [0.25, 0.3) is 0 Å². The first-order valence-electron chi connectivity index (χ1n) is 7.61. The number of carbonyl (C=O) groups excluding carboxylic acids is 1. The summed E-state index contributed by atoms with van der Waals surface area (Å²) >= 11 is 2.44. The second-order valence-electron chi connectivity index (χ2n) is 4.96. The minimum Gasteiger partial charge on any atom is -0.477 e. The lowest BCUT2D eigenvalue weighted by Crippen LogP contribution is -2.35. The number of sulfonamides is 1. The number of nitrogens with zero attached hydrogens (tertiary/aromatic N) is 3. The van der Waals surface area contributed by atoms with Gasteiger partial charge in [0.05, 0.1) is 7.11 Å². The van der Waals surface area contributed by atoms with Gasteiger partial charge in [0.15, 0.2) is 0 Å². The lowest BCUT2D eigenvalue weighted by molar-refractivity contribution is 0.0698. The van der Waals surface area contributed by atoms with E-state index >= 15 is 0 Å². The molecular weight excluding hydrogens is 442 g/mol. The van der Waals surface area contributed by atoms with Crippen LogP contribution in [0.1, 0.15) is 15.5 Å². The maximum absolute atomic E-state index is 12.1. The van der Waals surface area contributed by atoms with Crippen molar-refractivity contribution in [2.45, 2.75) is 11.8 Å². The van der Waals surface area contributed by atoms with E-state index in [0.29, 0.717) is 0 Å². The molecule has 0 radical (unpaired) electrons. The second kappa shape index (κ2) is 9.90. The maximum atomic E-state index is 12.1. The monoisotopic (exact) mass is 457 g/mol. The summed E-state index contributed by atoms with van der Waals surface area (Å²) in [7, 11) is -3.06. The number of thiophene rings is 2. The normalized spacial score (nSPS) is 10.4. The SMILES string of the molecule is COc1nc(C)nc(NC(=O)NS(=O)(=O)c2ccsc2C(=O)O)n1.c1ccsc1. The van der Waals surface area contributed by atoms with Gasteiger partial charge in [0.25, 0.3) is 10.0 Å². The number of rotatable bonds is 5. The number of methoxy groups -OCH3 is 1. The fraction of sp³-hybridized carbons (Fsp3) is 0.133. The number of ether oxygens (including phenoxy) is 1. The molecule has 0 saturated heterocycles. The van der Waals surface area contributed by atoms with Crippen LogP contribution in [-0.2, 0) is 10.0 Å². The zero-order valence-corrected chi connectivity index (χ0v) is 17.5. The predicted molar refractivity (Wildman–Crippen MR) is 106 cm³/mol. The number of urea groups is 1. The molecule has 0 unspecified atom stereocenters. The second-order valence-corrected chi connectivity index (χ2v) is 8.35. The van der Waals surface area contributed by atoms with E-state index in [1.54, 1.807) is 16.1 Å². The van der Waals surface area contributed by atoms with Gasteiger partial charge >= 0.3 is 18.0 Å². The number of hydrogen-bond donors (Lipinski definition) is 3. The predicted octanol–water partition coefficient (Wildman–Crippen LogP) is 2.21. The van der Waals surface area contributed by atoms with E-state index in [1.165, 1.54) is 19.4 Å². The number of aryl methyl sites for hydroxylation is 1. The maximum Gasteiger partial charge on any atom is 0.347 e.